The van der Waals surface area contributed by atoms with Crippen LogP contribution in [-0.2, 0) is 4.74 Å². The molecule has 1 heterocycles. The van der Waals surface area contributed by atoms with Gasteiger partial charge >= 0.3 is 0 Å². The number of nitrogen functional groups attached to an aromatic ring is 1. The van der Waals surface area contributed by atoms with Crippen LogP contribution in [0, 0.1) is 0 Å². The number of rotatable bonds is 2. The van der Waals surface area contributed by atoms with E-state index in [9.17, 15) is 9.59 Å². The van der Waals surface area contributed by atoms with Crippen molar-refractivity contribution in [2.75, 3.05) is 32.0 Å². The molecule has 96 valence electrons. The number of anilines is 1. The van der Waals surface area contributed by atoms with Crippen LogP contribution < -0.4 is 11.5 Å². The zero-order valence-corrected chi connectivity index (χ0v) is 9.89. The molecular formula is C12H15N3O3. The molecule has 2 rings (SSSR count). The van der Waals surface area contributed by atoms with Crippen LogP contribution in [-0.4, -0.2) is 43.0 Å². The number of carbonyl (C=O) groups is 2. The Kier molecular flexibility index (Phi) is 3.47. The Morgan fingerprint density at radius 3 is 2.33 bits per heavy atom. The Bertz CT molecular complexity index is 481. The van der Waals surface area contributed by atoms with Crippen molar-refractivity contribution in [1.82, 2.24) is 4.90 Å². The fraction of sp³-hybridized carbons (Fsp3) is 0.333. The molecule has 1 saturated heterocycles. The Morgan fingerprint density at radius 1 is 1.11 bits per heavy atom. The number of hydrogen-bond acceptors (Lipinski definition) is 4. The predicted molar refractivity (Wildman–Crippen MR) is 66.1 cm³/mol. The van der Waals surface area contributed by atoms with E-state index in [2.05, 4.69) is 0 Å². The van der Waals surface area contributed by atoms with Crippen LogP contribution >= 0.6 is 0 Å². The number of benzene rings is 1. The van der Waals surface area contributed by atoms with E-state index in [-0.39, 0.29) is 11.5 Å². The molecule has 0 unspecified atom stereocenters. The Balaban J connectivity index is 2.26. The van der Waals surface area contributed by atoms with Crippen LogP contribution in [0.2, 0.25) is 0 Å². The minimum absolute atomic E-state index is 0.159. The van der Waals surface area contributed by atoms with Gasteiger partial charge in [0.15, 0.2) is 0 Å². The summed E-state index contributed by atoms with van der Waals surface area (Å²) in [6, 6.07) is 4.47. The van der Waals surface area contributed by atoms with Gasteiger partial charge in [-0.25, -0.2) is 0 Å². The maximum absolute atomic E-state index is 12.2. The molecular weight excluding hydrogens is 234 g/mol. The van der Waals surface area contributed by atoms with E-state index in [1.807, 2.05) is 0 Å². The van der Waals surface area contributed by atoms with Crippen molar-refractivity contribution in [3.8, 4) is 0 Å². The van der Waals surface area contributed by atoms with Crippen LogP contribution in [0.25, 0.3) is 0 Å². The van der Waals surface area contributed by atoms with Gasteiger partial charge in [0.05, 0.1) is 13.2 Å². The second-order valence-electron chi connectivity index (χ2n) is 4.11. The summed E-state index contributed by atoms with van der Waals surface area (Å²) in [6.45, 7) is 2.13. The minimum Gasteiger partial charge on any atom is -0.399 e. The molecule has 4 N–H and O–H groups in total. The second-order valence-corrected chi connectivity index (χ2v) is 4.11. The number of hydrogen-bond donors (Lipinski definition) is 2. The number of amides is 2. The van der Waals surface area contributed by atoms with Gasteiger partial charge < -0.3 is 21.1 Å². The lowest BCUT2D eigenvalue weighted by atomic mass is 10.1. The third kappa shape index (κ3) is 2.60. The smallest absolute Gasteiger partial charge is 0.254 e. The van der Waals surface area contributed by atoms with Gasteiger partial charge in [0, 0.05) is 29.9 Å². The molecule has 1 aliphatic heterocycles. The number of carbonyl (C=O) groups excluding carboxylic acids is 2. The molecule has 18 heavy (non-hydrogen) atoms. The summed E-state index contributed by atoms with van der Waals surface area (Å²) in [5, 5.41) is 0. The molecule has 1 aromatic rings. The average molecular weight is 249 g/mol. The monoisotopic (exact) mass is 249 g/mol. The van der Waals surface area contributed by atoms with Crippen molar-refractivity contribution in [2.24, 2.45) is 5.73 Å². The number of primary amides is 1. The summed E-state index contributed by atoms with van der Waals surface area (Å²) >= 11 is 0. The highest BCUT2D eigenvalue weighted by Crippen LogP contribution is 2.14. The van der Waals surface area contributed by atoms with Crippen LogP contribution in [0.5, 0.6) is 0 Å². The largest absolute Gasteiger partial charge is 0.399 e. The van der Waals surface area contributed by atoms with Crippen molar-refractivity contribution in [2.45, 2.75) is 0 Å². The fourth-order valence-electron chi connectivity index (χ4n) is 1.87. The lowest BCUT2D eigenvalue weighted by molar-refractivity contribution is 0.0303. The summed E-state index contributed by atoms with van der Waals surface area (Å²) in [6.07, 6.45) is 0. The summed E-state index contributed by atoms with van der Waals surface area (Å²) in [5.74, 6) is -0.758. The highest BCUT2D eigenvalue weighted by Gasteiger charge is 2.19. The first kappa shape index (κ1) is 12.4. The minimum atomic E-state index is -0.599. The average Bonchev–Trinajstić information content (AvgIpc) is 2.38. The van der Waals surface area contributed by atoms with Crippen LogP contribution in [0.4, 0.5) is 5.69 Å². The van der Waals surface area contributed by atoms with E-state index in [1.165, 1.54) is 12.1 Å². The molecule has 0 bridgehead atoms. The quantitative estimate of drug-likeness (QED) is 0.711. The van der Waals surface area contributed by atoms with E-state index in [4.69, 9.17) is 16.2 Å². The zero-order chi connectivity index (χ0) is 13.1. The highest BCUT2D eigenvalue weighted by atomic mass is 16.5. The van der Waals surface area contributed by atoms with Crippen molar-refractivity contribution in [3.05, 3.63) is 29.3 Å². The topological polar surface area (TPSA) is 98.7 Å². The van der Waals surface area contributed by atoms with E-state index in [1.54, 1.807) is 11.0 Å². The third-order valence-electron chi connectivity index (χ3n) is 2.79. The Labute approximate surface area is 104 Å². The molecule has 0 radical (unpaired) electrons. The van der Waals surface area contributed by atoms with Crippen LogP contribution in [0.3, 0.4) is 0 Å². The van der Waals surface area contributed by atoms with Gasteiger partial charge in [0.25, 0.3) is 5.91 Å². The molecule has 2 amide bonds. The van der Waals surface area contributed by atoms with Crippen molar-refractivity contribution < 1.29 is 14.3 Å². The van der Waals surface area contributed by atoms with Crippen molar-refractivity contribution in [3.63, 3.8) is 0 Å². The Morgan fingerprint density at radius 2 is 1.72 bits per heavy atom. The maximum atomic E-state index is 12.2. The predicted octanol–water partition coefficient (Wildman–Crippen LogP) is -0.160. The van der Waals surface area contributed by atoms with E-state index >= 15 is 0 Å². The lowest BCUT2D eigenvalue weighted by Gasteiger charge is -2.27. The molecule has 0 spiro atoms. The van der Waals surface area contributed by atoms with Crippen molar-refractivity contribution >= 4 is 17.5 Å². The molecule has 6 nitrogen and oxygen atoms in total. The van der Waals surface area contributed by atoms with E-state index in [0.29, 0.717) is 37.6 Å². The van der Waals surface area contributed by atoms with Gasteiger partial charge in [-0.05, 0) is 18.2 Å². The SMILES string of the molecule is NC(=O)c1cc(N)cc(C(=O)N2CCOCC2)c1. The van der Waals surface area contributed by atoms with Gasteiger partial charge in [-0.1, -0.05) is 0 Å². The summed E-state index contributed by atoms with van der Waals surface area (Å²) in [7, 11) is 0. The molecule has 1 fully saturated rings. The maximum Gasteiger partial charge on any atom is 0.254 e. The number of ether oxygens (including phenoxy) is 1. The number of nitrogens with zero attached hydrogens (tertiary/aromatic N) is 1. The molecule has 1 aromatic carbocycles. The lowest BCUT2D eigenvalue weighted by Crippen LogP contribution is -2.40. The zero-order valence-electron chi connectivity index (χ0n) is 9.89. The van der Waals surface area contributed by atoms with Gasteiger partial charge in [-0.15, -0.1) is 0 Å². The third-order valence-corrected chi connectivity index (χ3v) is 2.79. The van der Waals surface area contributed by atoms with Gasteiger partial charge in [-0.2, -0.15) is 0 Å². The molecule has 1 aliphatic rings. The molecule has 0 aromatic heterocycles. The second kappa shape index (κ2) is 5.05. The highest BCUT2D eigenvalue weighted by molar-refractivity contribution is 6.00. The standard InChI is InChI=1S/C12H15N3O3/c13-10-6-8(11(14)16)5-9(7-10)12(17)15-1-3-18-4-2-15/h5-7H,1-4,13H2,(H2,14,16). The number of morpholine rings is 1. The van der Waals surface area contributed by atoms with Crippen LogP contribution in [0.1, 0.15) is 20.7 Å². The van der Waals surface area contributed by atoms with Crippen LogP contribution in [0.15, 0.2) is 18.2 Å². The number of nitrogens with two attached hydrogens (primary N) is 2. The Hall–Kier alpha value is -2.08. The van der Waals surface area contributed by atoms with E-state index in [0.717, 1.165) is 0 Å². The summed E-state index contributed by atoms with van der Waals surface area (Å²) in [4.78, 5) is 25.0. The molecule has 0 aliphatic carbocycles. The van der Waals surface area contributed by atoms with Gasteiger partial charge in [0.2, 0.25) is 5.91 Å². The first-order valence-corrected chi connectivity index (χ1v) is 5.65. The van der Waals surface area contributed by atoms with Gasteiger partial charge in [-0.3, -0.25) is 9.59 Å². The van der Waals surface area contributed by atoms with Gasteiger partial charge in [0.1, 0.15) is 0 Å². The first-order valence-electron chi connectivity index (χ1n) is 5.65. The molecule has 0 atom stereocenters. The van der Waals surface area contributed by atoms with E-state index < -0.39 is 5.91 Å². The molecule has 0 saturated carbocycles. The van der Waals surface area contributed by atoms with Crippen molar-refractivity contribution in [1.29, 1.82) is 0 Å². The summed E-state index contributed by atoms with van der Waals surface area (Å²) < 4.78 is 5.18. The normalized spacial score (nSPS) is 15.4. The fourth-order valence-corrected chi connectivity index (χ4v) is 1.87. The summed E-state index contributed by atoms with van der Waals surface area (Å²) in [5.41, 5.74) is 11.8. The molecule has 6 heteroatoms. The first-order chi connectivity index (χ1) is 8.58.